The molecule has 0 saturated carbocycles. The number of rotatable bonds is 3. The Hall–Kier alpha value is -2.38. The maximum absolute atomic E-state index is 10.7. The zero-order valence-corrected chi connectivity index (χ0v) is 10.2. The average Bonchev–Trinajstić information content (AvgIpc) is 2.40. The standard InChI is InChI=1S/C11H14N4O4/c16-11(17)14-5-3-8(4-6-14)13-10-2-1-9(7-12-10)15(18)19/h1-2,7-8H,3-6H2,(H,12,13)(H,16,17). The van der Waals surface area contributed by atoms with E-state index in [1.54, 1.807) is 6.07 Å². The molecule has 1 aromatic rings. The summed E-state index contributed by atoms with van der Waals surface area (Å²) >= 11 is 0. The van der Waals surface area contributed by atoms with Crippen molar-refractivity contribution in [3.63, 3.8) is 0 Å². The van der Waals surface area contributed by atoms with E-state index in [2.05, 4.69) is 10.3 Å². The minimum absolute atomic E-state index is 0.0498. The molecule has 1 saturated heterocycles. The fourth-order valence-corrected chi connectivity index (χ4v) is 2.00. The van der Waals surface area contributed by atoms with Crippen LogP contribution in [0.25, 0.3) is 0 Å². The molecular weight excluding hydrogens is 252 g/mol. The Morgan fingerprint density at radius 3 is 2.63 bits per heavy atom. The van der Waals surface area contributed by atoms with Crippen molar-refractivity contribution in [2.24, 2.45) is 0 Å². The lowest BCUT2D eigenvalue weighted by Crippen LogP contribution is -2.41. The van der Waals surface area contributed by atoms with Crippen LogP contribution >= 0.6 is 0 Å². The first-order valence-corrected chi connectivity index (χ1v) is 5.91. The van der Waals surface area contributed by atoms with E-state index in [1.807, 2.05) is 0 Å². The Bertz CT molecular complexity index is 468. The van der Waals surface area contributed by atoms with Crippen molar-refractivity contribution in [1.82, 2.24) is 9.88 Å². The van der Waals surface area contributed by atoms with Crippen LogP contribution in [0.1, 0.15) is 12.8 Å². The van der Waals surface area contributed by atoms with Gasteiger partial charge < -0.3 is 15.3 Å². The van der Waals surface area contributed by atoms with Crippen LogP contribution in [0.4, 0.5) is 16.3 Å². The quantitative estimate of drug-likeness (QED) is 0.634. The van der Waals surface area contributed by atoms with Crippen molar-refractivity contribution in [2.75, 3.05) is 18.4 Å². The van der Waals surface area contributed by atoms with Crippen LogP contribution in [-0.4, -0.2) is 45.1 Å². The molecule has 0 atom stereocenters. The van der Waals surface area contributed by atoms with Gasteiger partial charge in [-0.25, -0.2) is 9.78 Å². The molecule has 0 unspecified atom stereocenters. The monoisotopic (exact) mass is 266 g/mol. The summed E-state index contributed by atoms with van der Waals surface area (Å²) in [7, 11) is 0. The maximum Gasteiger partial charge on any atom is 0.407 e. The first-order valence-electron chi connectivity index (χ1n) is 5.91. The minimum atomic E-state index is -0.896. The van der Waals surface area contributed by atoms with Gasteiger partial charge in [0.25, 0.3) is 5.69 Å². The van der Waals surface area contributed by atoms with E-state index in [1.165, 1.54) is 17.2 Å². The summed E-state index contributed by atoms with van der Waals surface area (Å²) in [6.07, 6.45) is 1.71. The van der Waals surface area contributed by atoms with Gasteiger partial charge in [-0.2, -0.15) is 0 Å². The summed E-state index contributed by atoms with van der Waals surface area (Å²) < 4.78 is 0. The third-order valence-electron chi connectivity index (χ3n) is 3.08. The molecular formula is C11H14N4O4. The van der Waals surface area contributed by atoms with Crippen LogP contribution in [0.3, 0.4) is 0 Å². The molecule has 0 bridgehead atoms. The smallest absolute Gasteiger partial charge is 0.407 e. The van der Waals surface area contributed by atoms with Gasteiger partial charge in [0.1, 0.15) is 12.0 Å². The zero-order valence-electron chi connectivity index (χ0n) is 10.2. The Labute approximate surface area is 109 Å². The number of hydrogen-bond donors (Lipinski definition) is 2. The number of nitro groups is 1. The number of piperidine rings is 1. The largest absolute Gasteiger partial charge is 0.465 e. The summed E-state index contributed by atoms with van der Waals surface area (Å²) in [5.74, 6) is 0.569. The predicted octanol–water partition coefficient (Wildman–Crippen LogP) is 1.54. The Morgan fingerprint density at radius 2 is 2.16 bits per heavy atom. The lowest BCUT2D eigenvalue weighted by Gasteiger charge is -2.30. The molecule has 0 radical (unpaired) electrons. The summed E-state index contributed by atoms with van der Waals surface area (Å²) in [6, 6.07) is 3.09. The molecule has 1 aromatic heterocycles. The summed E-state index contributed by atoms with van der Waals surface area (Å²) in [6.45, 7) is 0.972. The van der Waals surface area contributed by atoms with E-state index in [0.29, 0.717) is 31.7 Å². The van der Waals surface area contributed by atoms with E-state index in [9.17, 15) is 14.9 Å². The highest BCUT2D eigenvalue weighted by molar-refractivity contribution is 5.65. The van der Waals surface area contributed by atoms with Crippen molar-refractivity contribution in [3.05, 3.63) is 28.4 Å². The van der Waals surface area contributed by atoms with Crippen molar-refractivity contribution in [1.29, 1.82) is 0 Å². The molecule has 2 rings (SSSR count). The molecule has 1 aliphatic heterocycles. The van der Waals surface area contributed by atoms with Gasteiger partial charge in [0, 0.05) is 25.2 Å². The van der Waals surface area contributed by atoms with E-state index >= 15 is 0 Å². The van der Waals surface area contributed by atoms with Gasteiger partial charge in [-0.15, -0.1) is 0 Å². The van der Waals surface area contributed by atoms with Gasteiger partial charge in [0.2, 0.25) is 0 Å². The van der Waals surface area contributed by atoms with Crippen molar-refractivity contribution < 1.29 is 14.8 Å². The van der Waals surface area contributed by atoms with Gasteiger partial charge in [-0.05, 0) is 18.9 Å². The van der Waals surface area contributed by atoms with Crippen LogP contribution in [0.15, 0.2) is 18.3 Å². The number of likely N-dealkylation sites (tertiary alicyclic amines) is 1. The fraction of sp³-hybridized carbons (Fsp3) is 0.455. The highest BCUT2D eigenvalue weighted by Crippen LogP contribution is 2.17. The van der Waals surface area contributed by atoms with Crippen molar-refractivity contribution in [2.45, 2.75) is 18.9 Å². The summed E-state index contributed by atoms with van der Waals surface area (Å²) in [5, 5.41) is 22.5. The number of pyridine rings is 1. The Morgan fingerprint density at radius 1 is 1.47 bits per heavy atom. The number of carbonyl (C=O) groups is 1. The van der Waals surface area contributed by atoms with Gasteiger partial charge in [-0.3, -0.25) is 10.1 Å². The zero-order chi connectivity index (χ0) is 13.8. The van der Waals surface area contributed by atoms with E-state index < -0.39 is 11.0 Å². The molecule has 0 aromatic carbocycles. The van der Waals surface area contributed by atoms with Gasteiger partial charge in [0.15, 0.2) is 0 Å². The lowest BCUT2D eigenvalue weighted by atomic mass is 10.1. The predicted molar refractivity (Wildman–Crippen MR) is 67.1 cm³/mol. The van der Waals surface area contributed by atoms with Gasteiger partial charge in [-0.1, -0.05) is 0 Å². The number of hydrogen-bond acceptors (Lipinski definition) is 5. The van der Waals surface area contributed by atoms with E-state index in [0.717, 1.165) is 0 Å². The first kappa shape index (κ1) is 13.1. The van der Waals surface area contributed by atoms with Gasteiger partial charge in [0.05, 0.1) is 4.92 Å². The maximum atomic E-state index is 10.7. The number of nitrogens with one attached hydrogen (secondary N) is 1. The number of anilines is 1. The molecule has 0 spiro atoms. The number of aromatic nitrogens is 1. The molecule has 1 fully saturated rings. The second kappa shape index (κ2) is 5.51. The molecule has 8 nitrogen and oxygen atoms in total. The second-order valence-corrected chi connectivity index (χ2v) is 4.35. The molecule has 1 aliphatic rings. The van der Waals surface area contributed by atoms with Crippen LogP contribution in [0.2, 0.25) is 0 Å². The average molecular weight is 266 g/mol. The molecule has 0 aliphatic carbocycles. The Kier molecular flexibility index (Phi) is 3.79. The molecule has 102 valence electrons. The SMILES string of the molecule is O=C(O)N1CCC(Nc2ccc([N+](=O)[O-])cn2)CC1. The van der Waals surface area contributed by atoms with Crippen LogP contribution in [0.5, 0.6) is 0 Å². The lowest BCUT2D eigenvalue weighted by molar-refractivity contribution is -0.385. The number of carboxylic acid groups (broad SMARTS) is 1. The van der Waals surface area contributed by atoms with Crippen LogP contribution < -0.4 is 5.32 Å². The topological polar surface area (TPSA) is 109 Å². The van der Waals surface area contributed by atoms with E-state index in [-0.39, 0.29) is 11.7 Å². The molecule has 2 heterocycles. The highest BCUT2D eigenvalue weighted by Gasteiger charge is 2.22. The summed E-state index contributed by atoms with van der Waals surface area (Å²) in [4.78, 5) is 26.1. The number of amides is 1. The normalized spacial score (nSPS) is 16.1. The molecule has 1 amide bonds. The third kappa shape index (κ3) is 3.30. The minimum Gasteiger partial charge on any atom is -0.465 e. The highest BCUT2D eigenvalue weighted by atomic mass is 16.6. The summed E-state index contributed by atoms with van der Waals surface area (Å²) in [5.41, 5.74) is -0.0498. The Balaban J connectivity index is 1.88. The molecule has 19 heavy (non-hydrogen) atoms. The van der Waals surface area contributed by atoms with Gasteiger partial charge >= 0.3 is 6.09 Å². The van der Waals surface area contributed by atoms with Crippen LogP contribution in [0, 0.1) is 10.1 Å². The van der Waals surface area contributed by atoms with Crippen LogP contribution in [-0.2, 0) is 0 Å². The molecule has 2 N–H and O–H groups in total. The third-order valence-corrected chi connectivity index (χ3v) is 3.08. The number of nitrogens with zero attached hydrogens (tertiary/aromatic N) is 3. The van der Waals surface area contributed by atoms with E-state index in [4.69, 9.17) is 5.11 Å². The van der Waals surface area contributed by atoms with Crippen molar-refractivity contribution >= 4 is 17.6 Å². The fourth-order valence-electron chi connectivity index (χ4n) is 2.00. The van der Waals surface area contributed by atoms with Crippen molar-refractivity contribution in [3.8, 4) is 0 Å². The first-order chi connectivity index (χ1) is 9.06. The second-order valence-electron chi connectivity index (χ2n) is 4.35. The molecule has 8 heteroatoms.